The Morgan fingerprint density at radius 2 is 2.31 bits per heavy atom. The lowest BCUT2D eigenvalue weighted by Gasteiger charge is -2.19. The van der Waals surface area contributed by atoms with E-state index in [9.17, 15) is 0 Å². The van der Waals surface area contributed by atoms with Crippen molar-refractivity contribution in [2.45, 2.75) is 45.3 Å². The van der Waals surface area contributed by atoms with E-state index in [0.29, 0.717) is 6.04 Å². The number of hydrogen-bond acceptors (Lipinski definition) is 2. The molecule has 1 fully saturated rings. The second kappa shape index (κ2) is 5.32. The highest BCUT2D eigenvalue weighted by molar-refractivity contribution is 9.09. The molecule has 0 aromatic carbocycles. The lowest BCUT2D eigenvalue weighted by atomic mass is 10.3. The van der Waals surface area contributed by atoms with Gasteiger partial charge in [0.2, 0.25) is 0 Å². The molecule has 1 aromatic heterocycles. The summed E-state index contributed by atoms with van der Waals surface area (Å²) in [5, 5.41) is 5.65. The first-order chi connectivity index (χ1) is 7.70. The van der Waals surface area contributed by atoms with Gasteiger partial charge in [0.15, 0.2) is 0 Å². The molecular weight excluding hydrogens is 266 g/mol. The van der Waals surface area contributed by atoms with Crippen LogP contribution in [0, 0.1) is 0 Å². The summed E-state index contributed by atoms with van der Waals surface area (Å²) in [5.41, 5.74) is 1.20. The molecule has 1 saturated carbocycles. The van der Waals surface area contributed by atoms with Crippen molar-refractivity contribution in [3.63, 3.8) is 0 Å². The average molecular weight is 286 g/mol. The molecule has 0 saturated heterocycles. The Morgan fingerprint density at radius 1 is 1.56 bits per heavy atom. The zero-order chi connectivity index (χ0) is 11.5. The third-order valence-corrected chi connectivity index (χ3v) is 3.35. The number of alkyl halides is 1. The van der Waals surface area contributed by atoms with Crippen LogP contribution >= 0.6 is 15.9 Å². The molecule has 0 N–H and O–H groups in total. The summed E-state index contributed by atoms with van der Waals surface area (Å²) in [6.45, 7) is 6.44. The molecule has 1 aliphatic carbocycles. The van der Waals surface area contributed by atoms with Gasteiger partial charge in [-0.05, 0) is 32.8 Å². The number of hydrogen-bond donors (Lipinski definition) is 0. The van der Waals surface area contributed by atoms with Crippen LogP contribution in [0.25, 0.3) is 0 Å². The first-order valence-corrected chi connectivity index (χ1v) is 7.17. The van der Waals surface area contributed by atoms with Gasteiger partial charge in [-0.3, -0.25) is 9.58 Å². The van der Waals surface area contributed by atoms with Crippen molar-refractivity contribution in [1.29, 1.82) is 0 Å². The summed E-state index contributed by atoms with van der Waals surface area (Å²) in [6.07, 6.45) is 4.80. The van der Waals surface area contributed by atoms with Crippen LogP contribution in [0.2, 0.25) is 0 Å². The predicted molar refractivity (Wildman–Crippen MR) is 69.8 cm³/mol. The van der Waals surface area contributed by atoms with Gasteiger partial charge in [-0.2, -0.15) is 5.10 Å². The van der Waals surface area contributed by atoms with E-state index in [1.54, 1.807) is 0 Å². The minimum Gasteiger partial charge on any atom is -0.294 e. The smallest absolute Gasteiger partial charge is 0.0765 e. The fourth-order valence-electron chi connectivity index (χ4n) is 1.90. The Hall–Kier alpha value is -0.350. The van der Waals surface area contributed by atoms with Crippen LogP contribution < -0.4 is 0 Å². The second-order valence-corrected chi connectivity index (χ2v) is 5.56. The van der Waals surface area contributed by atoms with Crippen LogP contribution in [0.4, 0.5) is 0 Å². The van der Waals surface area contributed by atoms with E-state index in [-0.39, 0.29) is 0 Å². The maximum atomic E-state index is 4.60. The maximum absolute atomic E-state index is 4.60. The Bertz CT molecular complexity index is 331. The molecule has 90 valence electrons. The monoisotopic (exact) mass is 285 g/mol. The Balaban J connectivity index is 1.95. The van der Waals surface area contributed by atoms with Crippen molar-refractivity contribution in [2.75, 3.05) is 11.9 Å². The van der Waals surface area contributed by atoms with E-state index in [1.165, 1.54) is 18.5 Å². The second-order valence-electron chi connectivity index (χ2n) is 4.77. The van der Waals surface area contributed by atoms with Gasteiger partial charge in [-0.15, -0.1) is 0 Å². The average Bonchev–Trinajstić information content (AvgIpc) is 2.98. The molecule has 0 amide bonds. The lowest BCUT2D eigenvalue weighted by molar-refractivity contribution is 0.267. The molecule has 1 aliphatic rings. The number of nitrogens with zero attached hydrogens (tertiary/aromatic N) is 3. The topological polar surface area (TPSA) is 21.1 Å². The van der Waals surface area contributed by atoms with Crippen LogP contribution in [0.15, 0.2) is 12.3 Å². The zero-order valence-corrected chi connectivity index (χ0v) is 11.7. The fourth-order valence-corrected chi connectivity index (χ4v) is 2.35. The minimum atomic E-state index is 0.458. The molecule has 0 bridgehead atoms. The summed E-state index contributed by atoms with van der Waals surface area (Å²) < 4.78 is 2.04. The SMILES string of the molecule is CC(C)n1ccc(CN(CCBr)C2CC2)n1. The quantitative estimate of drug-likeness (QED) is 0.750. The molecular formula is C12H20BrN3. The summed E-state index contributed by atoms with van der Waals surface area (Å²) in [7, 11) is 0. The Kier molecular flexibility index (Phi) is 4.03. The third kappa shape index (κ3) is 3.08. The summed E-state index contributed by atoms with van der Waals surface area (Å²) in [6, 6.07) is 3.41. The van der Waals surface area contributed by atoms with E-state index in [4.69, 9.17) is 0 Å². The van der Waals surface area contributed by atoms with Gasteiger partial charge < -0.3 is 0 Å². The Morgan fingerprint density at radius 3 is 2.81 bits per heavy atom. The summed E-state index contributed by atoms with van der Waals surface area (Å²) in [4.78, 5) is 2.53. The molecule has 0 atom stereocenters. The van der Waals surface area contributed by atoms with Crippen LogP contribution in [0.5, 0.6) is 0 Å². The van der Waals surface area contributed by atoms with Gasteiger partial charge in [0.25, 0.3) is 0 Å². The maximum Gasteiger partial charge on any atom is 0.0765 e. The molecule has 0 spiro atoms. The fraction of sp³-hybridized carbons (Fsp3) is 0.750. The molecule has 4 heteroatoms. The van der Waals surface area contributed by atoms with Gasteiger partial charge in [-0.25, -0.2) is 0 Å². The van der Waals surface area contributed by atoms with Crippen LogP contribution in [0.3, 0.4) is 0 Å². The van der Waals surface area contributed by atoms with E-state index >= 15 is 0 Å². The Labute approximate surface area is 106 Å². The van der Waals surface area contributed by atoms with E-state index < -0.39 is 0 Å². The summed E-state index contributed by atoms with van der Waals surface area (Å²) in [5.74, 6) is 0. The highest BCUT2D eigenvalue weighted by Crippen LogP contribution is 2.28. The van der Waals surface area contributed by atoms with Crippen LogP contribution in [-0.4, -0.2) is 32.6 Å². The number of rotatable bonds is 6. The normalized spacial score (nSPS) is 16.3. The first kappa shape index (κ1) is 12.1. The number of aromatic nitrogens is 2. The van der Waals surface area contributed by atoms with Gasteiger partial charge >= 0.3 is 0 Å². The molecule has 1 heterocycles. The summed E-state index contributed by atoms with van der Waals surface area (Å²) >= 11 is 3.52. The van der Waals surface area contributed by atoms with E-state index in [0.717, 1.165) is 24.5 Å². The minimum absolute atomic E-state index is 0.458. The molecule has 0 radical (unpaired) electrons. The van der Waals surface area contributed by atoms with Crippen molar-refractivity contribution in [3.8, 4) is 0 Å². The third-order valence-electron chi connectivity index (χ3n) is 2.99. The molecule has 1 aromatic rings. The van der Waals surface area contributed by atoms with E-state index in [2.05, 4.69) is 52.0 Å². The van der Waals surface area contributed by atoms with Crippen molar-refractivity contribution in [1.82, 2.24) is 14.7 Å². The van der Waals surface area contributed by atoms with Gasteiger partial charge in [-0.1, -0.05) is 15.9 Å². The van der Waals surface area contributed by atoms with Gasteiger partial charge in [0.1, 0.15) is 0 Å². The van der Waals surface area contributed by atoms with Crippen LogP contribution in [-0.2, 0) is 6.54 Å². The lowest BCUT2D eigenvalue weighted by Crippen LogP contribution is -2.27. The molecule has 16 heavy (non-hydrogen) atoms. The molecule has 0 aliphatic heterocycles. The van der Waals surface area contributed by atoms with Crippen molar-refractivity contribution < 1.29 is 0 Å². The standard InChI is InChI=1S/C12H20BrN3/c1-10(2)16-7-5-11(14-16)9-15(8-6-13)12-3-4-12/h5,7,10,12H,3-4,6,8-9H2,1-2H3. The molecule has 0 unspecified atom stereocenters. The largest absolute Gasteiger partial charge is 0.294 e. The zero-order valence-electron chi connectivity index (χ0n) is 10.1. The van der Waals surface area contributed by atoms with Crippen molar-refractivity contribution in [2.24, 2.45) is 0 Å². The van der Waals surface area contributed by atoms with Gasteiger partial charge in [0, 0.05) is 36.7 Å². The van der Waals surface area contributed by atoms with E-state index in [1.807, 2.05) is 4.68 Å². The highest BCUT2D eigenvalue weighted by atomic mass is 79.9. The first-order valence-electron chi connectivity index (χ1n) is 6.04. The van der Waals surface area contributed by atoms with Gasteiger partial charge in [0.05, 0.1) is 5.69 Å². The van der Waals surface area contributed by atoms with Crippen molar-refractivity contribution >= 4 is 15.9 Å². The molecule has 3 nitrogen and oxygen atoms in total. The molecule has 2 rings (SSSR count). The van der Waals surface area contributed by atoms with Crippen molar-refractivity contribution in [3.05, 3.63) is 18.0 Å². The highest BCUT2D eigenvalue weighted by Gasteiger charge is 2.28. The predicted octanol–water partition coefficient (Wildman–Crippen LogP) is 2.82. The number of halogens is 1. The van der Waals surface area contributed by atoms with Crippen LogP contribution in [0.1, 0.15) is 38.4 Å².